The Morgan fingerprint density at radius 1 is 0.977 bits per heavy atom. The molecule has 3 heterocycles. The summed E-state index contributed by atoms with van der Waals surface area (Å²) in [6, 6.07) is 16.9. The van der Waals surface area contributed by atoms with Gasteiger partial charge in [0.15, 0.2) is 5.76 Å². The summed E-state index contributed by atoms with van der Waals surface area (Å²) in [5, 5.41) is 15.8. The quantitative estimate of drug-likeness (QED) is 0.403. The fraction of sp³-hybridized carbons (Fsp3) is 0.455. The minimum atomic E-state index is -0.551. The van der Waals surface area contributed by atoms with E-state index in [0.29, 0.717) is 42.8 Å². The lowest BCUT2D eigenvalue weighted by molar-refractivity contribution is -0.121. The number of furan rings is 1. The highest BCUT2D eigenvalue weighted by molar-refractivity contribution is 5.98. The summed E-state index contributed by atoms with van der Waals surface area (Å²) in [4.78, 5) is 42.3. The average molecular weight is 586 g/mol. The summed E-state index contributed by atoms with van der Waals surface area (Å²) in [5.74, 6) is -0.289. The van der Waals surface area contributed by atoms with Crippen LogP contribution < -0.4 is 10.6 Å². The fourth-order valence-corrected chi connectivity index (χ4v) is 5.56. The first kappa shape index (κ1) is 30.1. The Morgan fingerprint density at radius 3 is 2.33 bits per heavy atom. The molecule has 2 aromatic carbocycles. The second-order valence-corrected chi connectivity index (χ2v) is 12.4. The van der Waals surface area contributed by atoms with Gasteiger partial charge in [0, 0.05) is 55.8 Å². The van der Waals surface area contributed by atoms with E-state index in [2.05, 4.69) is 21.6 Å². The molecule has 0 bridgehead atoms. The Balaban J connectivity index is 1.09. The van der Waals surface area contributed by atoms with Gasteiger partial charge in [-0.15, -0.1) is 0 Å². The molecular formula is C33H39N5O5. The lowest BCUT2D eigenvalue weighted by atomic mass is 9.96. The van der Waals surface area contributed by atoms with E-state index in [1.54, 1.807) is 23.1 Å². The van der Waals surface area contributed by atoms with E-state index in [0.717, 1.165) is 37.9 Å². The Kier molecular flexibility index (Phi) is 9.02. The molecule has 10 nitrogen and oxygen atoms in total. The second kappa shape index (κ2) is 12.9. The first-order chi connectivity index (χ1) is 20.6. The van der Waals surface area contributed by atoms with E-state index >= 15 is 0 Å². The van der Waals surface area contributed by atoms with Crippen molar-refractivity contribution in [1.82, 2.24) is 15.1 Å². The van der Waals surface area contributed by atoms with Crippen molar-refractivity contribution in [1.29, 1.82) is 5.26 Å². The van der Waals surface area contributed by atoms with Crippen molar-refractivity contribution < 1.29 is 23.5 Å². The van der Waals surface area contributed by atoms with Gasteiger partial charge in [0.2, 0.25) is 5.91 Å². The second-order valence-electron chi connectivity index (χ2n) is 12.4. The molecule has 2 fully saturated rings. The largest absolute Gasteiger partial charge is 0.451 e. The van der Waals surface area contributed by atoms with Crippen LogP contribution in [0.15, 0.2) is 52.9 Å². The maximum Gasteiger partial charge on any atom is 0.410 e. The van der Waals surface area contributed by atoms with Crippen LogP contribution in [0, 0.1) is 17.2 Å². The zero-order chi connectivity index (χ0) is 30.6. The van der Waals surface area contributed by atoms with Crippen molar-refractivity contribution >= 4 is 34.6 Å². The number of likely N-dealkylation sites (tertiary alicyclic amines) is 2. The number of nitriles is 1. The number of hydrogen-bond acceptors (Lipinski definition) is 7. The highest BCUT2D eigenvalue weighted by atomic mass is 16.6. The smallest absolute Gasteiger partial charge is 0.410 e. The van der Waals surface area contributed by atoms with Crippen LogP contribution in [-0.2, 0) is 16.1 Å². The molecule has 0 unspecified atom stereocenters. The minimum Gasteiger partial charge on any atom is -0.451 e. The van der Waals surface area contributed by atoms with E-state index in [9.17, 15) is 14.4 Å². The monoisotopic (exact) mass is 585 g/mol. The summed E-state index contributed by atoms with van der Waals surface area (Å²) in [7, 11) is 0. The molecule has 0 aliphatic carbocycles. The van der Waals surface area contributed by atoms with Gasteiger partial charge in [0.05, 0.1) is 11.6 Å². The number of nitrogens with zero attached hydrogens (tertiary/aromatic N) is 3. The number of fused-ring (bicyclic) bond motifs is 1. The van der Waals surface area contributed by atoms with E-state index in [4.69, 9.17) is 14.4 Å². The summed E-state index contributed by atoms with van der Waals surface area (Å²) in [6.07, 6.45) is 2.47. The SMILES string of the molecule is CC(C)(C)OC(=O)N1CCC(C(=O)Nc2ccc3oc(C(=O)NC4CCN(Cc5ccc(C#N)cc5)CC4)cc3c2)CC1. The topological polar surface area (TPSA) is 128 Å². The van der Waals surface area contributed by atoms with Crippen molar-refractivity contribution in [3.63, 3.8) is 0 Å². The maximum atomic E-state index is 13.0. The van der Waals surface area contributed by atoms with Crippen molar-refractivity contribution in [2.45, 2.75) is 64.6 Å². The molecule has 0 spiro atoms. The number of hydrogen-bond donors (Lipinski definition) is 2. The average Bonchev–Trinajstić information content (AvgIpc) is 3.42. The highest BCUT2D eigenvalue weighted by Crippen LogP contribution is 2.26. The molecule has 5 rings (SSSR count). The van der Waals surface area contributed by atoms with Gasteiger partial charge in [-0.3, -0.25) is 14.5 Å². The third-order valence-corrected chi connectivity index (χ3v) is 7.94. The number of piperidine rings is 2. The third kappa shape index (κ3) is 7.93. The van der Waals surface area contributed by atoms with Crippen LogP contribution in [0.2, 0.25) is 0 Å². The highest BCUT2D eigenvalue weighted by Gasteiger charge is 2.30. The third-order valence-electron chi connectivity index (χ3n) is 7.94. The number of ether oxygens (including phenoxy) is 1. The lowest BCUT2D eigenvalue weighted by Crippen LogP contribution is -2.44. The Bertz CT molecular complexity index is 1500. The molecule has 3 aromatic rings. The zero-order valence-corrected chi connectivity index (χ0v) is 25.0. The van der Waals surface area contributed by atoms with Crippen molar-refractivity contribution in [3.05, 3.63) is 65.4 Å². The van der Waals surface area contributed by atoms with Crippen molar-refractivity contribution in [3.8, 4) is 6.07 Å². The molecule has 10 heteroatoms. The van der Waals surface area contributed by atoms with Gasteiger partial charge in [-0.25, -0.2) is 4.79 Å². The molecule has 2 saturated heterocycles. The van der Waals surface area contributed by atoms with Crippen LogP contribution in [0.25, 0.3) is 11.0 Å². The van der Waals surface area contributed by atoms with Gasteiger partial charge >= 0.3 is 6.09 Å². The maximum absolute atomic E-state index is 13.0. The summed E-state index contributed by atoms with van der Waals surface area (Å²) >= 11 is 0. The molecule has 0 atom stereocenters. The predicted octanol–water partition coefficient (Wildman–Crippen LogP) is 5.28. The van der Waals surface area contributed by atoms with E-state index in [1.165, 1.54) is 5.56 Å². The van der Waals surface area contributed by atoms with Gasteiger partial charge in [-0.1, -0.05) is 12.1 Å². The van der Waals surface area contributed by atoms with Crippen LogP contribution in [0.5, 0.6) is 0 Å². The van der Waals surface area contributed by atoms with Gasteiger partial charge in [-0.05, 0) is 88.4 Å². The number of carbonyl (C=O) groups excluding carboxylic acids is 3. The molecule has 2 N–H and O–H groups in total. The van der Waals surface area contributed by atoms with Crippen LogP contribution in [0.4, 0.5) is 10.5 Å². The summed E-state index contributed by atoms with van der Waals surface area (Å²) in [6.45, 7) is 9.02. The normalized spacial score (nSPS) is 16.9. The Labute approximate surface area is 251 Å². The molecule has 43 heavy (non-hydrogen) atoms. The van der Waals surface area contributed by atoms with E-state index < -0.39 is 5.60 Å². The molecule has 0 saturated carbocycles. The molecule has 3 amide bonds. The first-order valence-electron chi connectivity index (χ1n) is 14.9. The lowest BCUT2D eigenvalue weighted by Gasteiger charge is -2.32. The number of rotatable bonds is 6. The fourth-order valence-electron chi connectivity index (χ4n) is 5.56. The number of benzene rings is 2. The standard InChI is InChI=1S/C33H39N5O5/c1-33(2,3)43-32(41)38-16-10-24(11-17-38)30(39)36-27-8-9-28-25(18-27)19-29(42-28)31(40)35-26-12-14-37(15-13-26)21-23-6-4-22(20-34)5-7-23/h4-9,18-19,24,26H,10-17,21H2,1-3H3,(H,35,40)(H,36,39). The Morgan fingerprint density at radius 2 is 1.67 bits per heavy atom. The van der Waals surface area contributed by atoms with Crippen molar-refractivity contribution in [2.24, 2.45) is 5.92 Å². The van der Waals surface area contributed by atoms with Gasteiger partial charge in [0.25, 0.3) is 5.91 Å². The zero-order valence-electron chi connectivity index (χ0n) is 25.0. The number of carbonyl (C=O) groups is 3. The first-order valence-corrected chi connectivity index (χ1v) is 14.9. The molecular weight excluding hydrogens is 546 g/mol. The van der Waals surface area contributed by atoms with Crippen LogP contribution >= 0.6 is 0 Å². The van der Waals surface area contributed by atoms with Crippen LogP contribution in [0.1, 0.15) is 68.1 Å². The number of amides is 3. The van der Waals surface area contributed by atoms with E-state index in [1.807, 2.05) is 51.1 Å². The molecule has 2 aliphatic rings. The van der Waals surface area contributed by atoms with Gasteiger partial charge in [-0.2, -0.15) is 5.26 Å². The number of anilines is 1. The number of nitrogens with one attached hydrogen (secondary N) is 2. The molecule has 0 radical (unpaired) electrons. The van der Waals surface area contributed by atoms with Crippen LogP contribution in [0.3, 0.4) is 0 Å². The van der Waals surface area contributed by atoms with Gasteiger partial charge < -0.3 is 24.7 Å². The summed E-state index contributed by atoms with van der Waals surface area (Å²) in [5.41, 5.74) is 2.48. The summed E-state index contributed by atoms with van der Waals surface area (Å²) < 4.78 is 11.3. The predicted molar refractivity (Wildman–Crippen MR) is 162 cm³/mol. The molecule has 1 aromatic heterocycles. The Hall–Kier alpha value is -4.36. The van der Waals surface area contributed by atoms with Gasteiger partial charge in [0.1, 0.15) is 11.2 Å². The van der Waals surface area contributed by atoms with Crippen molar-refractivity contribution in [2.75, 3.05) is 31.5 Å². The molecule has 226 valence electrons. The minimum absolute atomic E-state index is 0.0644. The molecule has 2 aliphatic heterocycles. The van der Waals surface area contributed by atoms with E-state index in [-0.39, 0.29) is 35.6 Å². The van der Waals surface area contributed by atoms with Crippen LogP contribution in [-0.4, -0.2) is 65.5 Å².